The van der Waals surface area contributed by atoms with Crippen molar-refractivity contribution in [3.05, 3.63) is 45.2 Å². The van der Waals surface area contributed by atoms with Gasteiger partial charge in [0, 0.05) is 25.2 Å². The van der Waals surface area contributed by atoms with Crippen LogP contribution in [0, 0.1) is 13.8 Å². The van der Waals surface area contributed by atoms with Crippen molar-refractivity contribution < 1.29 is 4.79 Å². The van der Waals surface area contributed by atoms with Crippen LogP contribution >= 0.6 is 0 Å². The summed E-state index contributed by atoms with van der Waals surface area (Å²) in [5.41, 5.74) is 3.50. The minimum Gasteiger partial charge on any atom is -0.334 e. The molecule has 0 spiro atoms. The molecule has 0 aliphatic heterocycles. The van der Waals surface area contributed by atoms with E-state index in [0.717, 1.165) is 22.0 Å². The Hall–Kier alpha value is -2.30. The molecule has 118 valence electrons. The van der Waals surface area contributed by atoms with Gasteiger partial charge in [0.1, 0.15) is 0 Å². The summed E-state index contributed by atoms with van der Waals surface area (Å²) in [5, 5.41) is 3.78. The van der Waals surface area contributed by atoms with Gasteiger partial charge in [0.2, 0.25) is 0 Å². The molecule has 0 fully saturated rings. The highest BCUT2D eigenvalue weighted by atomic mass is 16.2. The summed E-state index contributed by atoms with van der Waals surface area (Å²) < 4.78 is 0. The molecule has 2 amide bonds. The van der Waals surface area contributed by atoms with E-state index in [2.05, 4.69) is 10.3 Å². The summed E-state index contributed by atoms with van der Waals surface area (Å²) in [6.45, 7) is 9.39. The van der Waals surface area contributed by atoms with Crippen LogP contribution in [0.15, 0.2) is 23.0 Å². The fourth-order valence-electron chi connectivity index (χ4n) is 2.49. The lowest BCUT2D eigenvalue weighted by molar-refractivity contribution is 0.203. The zero-order valence-electron chi connectivity index (χ0n) is 13.6. The molecular weight excluding hydrogens is 278 g/mol. The van der Waals surface area contributed by atoms with Gasteiger partial charge in [-0.15, -0.1) is 0 Å². The average molecular weight is 301 g/mol. The Morgan fingerprint density at radius 3 is 2.55 bits per heavy atom. The molecule has 1 heterocycles. The first-order valence-electron chi connectivity index (χ1n) is 7.62. The molecule has 0 saturated carbocycles. The van der Waals surface area contributed by atoms with Gasteiger partial charge >= 0.3 is 6.03 Å². The van der Waals surface area contributed by atoms with Crippen molar-refractivity contribution in [3.63, 3.8) is 0 Å². The normalized spacial score (nSPS) is 10.7. The minimum absolute atomic E-state index is 0.149. The highest BCUT2D eigenvalue weighted by Crippen LogP contribution is 2.18. The van der Waals surface area contributed by atoms with Gasteiger partial charge < -0.3 is 15.2 Å². The summed E-state index contributed by atoms with van der Waals surface area (Å²) in [4.78, 5) is 28.8. The molecule has 0 radical (unpaired) electrons. The van der Waals surface area contributed by atoms with Crippen molar-refractivity contribution in [1.29, 1.82) is 0 Å². The van der Waals surface area contributed by atoms with Gasteiger partial charge in [-0.1, -0.05) is 12.1 Å². The molecule has 0 aliphatic carbocycles. The summed E-state index contributed by atoms with van der Waals surface area (Å²) in [7, 11) is 0. The lowest BCUT2D eigenvalue weighted by Gasteiger charge is -2.19. The van der Waals surface area contributed by atoms with Crippen LogP contribution in [0.4, 0.5) is 4.79 Å². The van der Waals surface area contributed by atoms with Crippen molar-refractivity contribution in [2.24, 2.45) is 0 Å². The quantitative estimate of drug-likeness (QED) is 0.912. The first kappa shape index (κ1) is 16.1. The number of nitrogens with one attached hydrogen (secondary N) is 2. The molecule has 1 aromatic heterocycles. The van der Waals surface area contributed by atoms with Crippen molar-refractivity contribution in [3.8, 4) is 0 Å². The zero-order chi connectivity index (χ0) is 16.3. The van der Waals surface area contributed by atoms with Crippen molar-refractivity contribution in [2.75, 3.05) is 13.1 Å². The van der Waals surface area contributed by atoms with E-state index in [1.165, 1.54) is 0 Å². The third-order valence-electron chi connectivity index (χ3n) is 4.11. The zero-order valence-corrected chi connectivity index (χ0v) is 13.6. The third-order valence-corrected chi connectivity index (χ3v) is 4.11. The molecule has 5 heteroatoms. The van der Waals surface area contributed by atoms with E-state index in [-0.39, 0.29) is 18.1 Å². The predicted octanol–water partition coefficient (Wildman–Crippen LogP) is 2.70. The molecule has 2 N–H and O–H groups in total. The molecule has 2 aromatic rings. The number of carbonyl (C=O) groups excluding carboxylic acids is 1. The standard InChI is InChI=1S/C17H23N3O2/c1-5-20(6-2)17(22)18-10-14-9-13-8-7-11(3)12(4)15(13)19-16(14)21/h7-9H,5-6,10H2,1-4H3,(H,18,22)(H,19,21). The summed E-state index contributed by atoms with van der Waals surface area (Å²) in [6.07, 6.45) is 0. The van der Waals surface area contributed by atoms with Crippen LogP contribution in [0.5, 0.6) is 0 Å². The fourth-order valence-corrected chi connectivity index (χ4v) is 2.49. The van der Waals surface area contributed by atoms with Crippen LogP contribution < -0.4 is 10.9 Å². The van der Waals surface area contributed by atoms with Crippen LogP contribution in [0.25, 0.3) is 10.9 Å². The van der Waals surface area contributed by atoms with Crippen LogP contribution in [-0.4, -0.2) is 29.0 Å². The minimum atomic E-state index is -0.152. The van der Waals surface area contributed by atoms with Crippen LogP contribution in [0.2, 0.25) is 0 Å². The molecule has 5 nitrogen and oxygen atoms in total. The first-order chi connectivity index (χ1) is 10.5. The Morgan fingerprint density at radius 2 is 1.91 bits per heavy atom. The molecule has 0 saturated heterocycles. The predicted molar refractivity (Wildman–Crippen MR) is 89.2 cm³/mol. The fraction of sp³-hybridized carbons (Fsp3) is 0.412. The van der Waals surface area contributed by atoms with Crippen LogP contribution in [0.3, 0.4) is 0 Å². The number of benzene rings is 1. The molecule has 22 heavy (non-hydrogen) atoms. The lowest BCUT2D eigenvalue weighted by Crippen LogP contribution is -2.40. The maximum absolute atomic E-state index is 12.2. The van der Waals surface area contributed by atoms with E-state index in [4.69, 9.17) is 0 Å². The third kappa shape index (κ3) is 3.13. The largest absolute Gasteiger partial charge is 0.334 e. The number of hydrogen-bond donors (Lipinski definition) is 2. The van der Waals surface area contributed by atoms with Gasteiger partial charge in [-0.2, -0.15) is 0 Å². The second-order valence-electron chi connectivity index (χ2n) is 5.43. The Bertz CT molecular complexity index is 745. The molecule has 0 bridgehead atoms. The van der Waals surface area contributed by atoms with E-state index in [9.17, 15) is 9.59 Å². The van der Waals surface area contributed by atoms with Crippen molar-refractivity contribution in [1.82, 2.24) is 15.2 Å². The van der Waals surface area contributed by atoms with E-state index in [1.807, 2.05) is 45.9 Å². The number of H-pyrrole nitrogens is 1. The molecule has 1 aromatic carbocycles. The number of hydrogen-bond acceptors (Lipinski definition) is 2. The van der Waals surface area contributed by atoms with Crippen molar-refractivity contribution in [2.45, 2.75) is 34.2 Å². The maximum Gasteiger partial charge on any atom is 0.317 e. The number of urea groups is 1. The lowest BCUT2D eigenvalue weighted by atomic mass is 10.0. The second-order valence-corrected chi connectivity index (χ2v) is 5.43. The number of aromatic nitrogens is 1. The SMILES string of the molecule is CCN(CC)C(=O)NCc1cc2ccc(C)c(C)c2[nH]c1=O. The first-order valence-corrected chi connectivity index (χ1v) is 7.62. The van der Waals surface area contributed by atoms with Gasteiger partial charge in [0.25, 0.3) is 5.56 Å². The van der Waals surface area contributed by atoms with E-state index in [0.29, 0.717) is 18.7 Å². The Morgan fingerprint density at radius 1 is 1.23 bits per heavy atom. The Labute approximate surface area is 130 Å². The van der Waals surface area contributed by atoms with Gasteiger partial charge in [0.15, 0.2) is 0 Å². The molecule has 0 atom stereocenters. The van der Waals surface area contributed by atoms with E-state index < -0.39 is 0 Å². The Balaban J connectivity index is 2.26. The number of amides is 2. The molecule has 0 unspecified atom stereocenters. The van der Waals surface area contributed by atoms with Gasteiger partial charge in [-0.3, -0.25) is 4.79 Å². The Kier molecular flexibility index (Phi) is 4.85. The van der Waals surface area contributed by atoms with E-state index >= 15 is 0 Å². The summed E-state index contributed by atoms with van der Waals surface area (Å²) in [5.74, 6) is 0. The number of aryl methyl sites for hydroxylation is 2. The number of aromatic amines is 1. The van der Waals surface area contributed by atoms with Crippen LogP contribution in [0.1, 0.15) is 30.5 Å². The summed E-state index contributed by atoms with van der Waals surface area (Å²) >= 11 is 0. The summed E-state index contributed by atoms with van der Waals surface area (Å²) in [6, 6.07) is 5.73. The molecule has 0 aliphatic rings. The number of fused-ring (bicyclic) bond motifs is 1. The van der Waals surface area contributed by atoms with Gasteiger partial charge in [-0.05, 0) is 50.3 Å². The average Bonchev–Trinajstić information content (AvgIpc) is 2.51. The maximum atomic E-state index is 12.2. The molecule has 2 rings (SSSR count). The second kappa shape index (κ2) is 6.64. The highest BCUT2D eigenvalue weighted by Gasteiger charge is 2.11. The van der Waals surface area contributed by atoms with E-state index in [1.54, 1.807) is 4.90 Å². The smallest absolute Gasteiger partial charge is 0.317 e. The van der Waals surface area contributed by atoms with Gasteiger partial charge in [-0.25, -0.2) is 4.79 Å². The number of rotatable bonds is 4. The van der Waals surface area contributed by atoms with Gasteiger partial charge in [0.05, 0.1) is 5.52 Å². The number of carbonyl (C=O) groups is 1. The van der Waals surface area contributed by atoms with Crippen molar-refractivity contribution >= 4 is 16.9 Å². The highest BCUT2D eigenvalue weighted by molar-refractivity contribution is 5.83. The topological polar surface area (TPSA) is 65.2 Å². The monoisotopic (exact) mass is 301 g/mol. The van der Waals surface area contributed by atoms with Crippen LogP contribution in [-0.2, 0) is 6.54 Å². The molecular formula is C17H23N3O2. The number of nitrogens with zero attached hydrogens (tertiary/aromatic N) is 1. The number of pyridine rings is 1.